The largest absolute Gasteiger partial charge is 0.370 e. The molecule has 0 N–H and O–H groups in total. The van der Waals surface area contributed by atoms with Gasteiger partial charge in [0.25, 0.3) is 5.91 Å². The smallest absolute Gasteiger partial charge is 0.292 e. The number of carbonyl (C=O) groups excluding carboxylic acids is 1. The fourth-order valence-electron chi connectivity index (χ4n) is 2.72. The van der Waals surface area contributed by atoms with Crippen LogP contribution >= 0.6 is 0 Å². The fraction of sp³-hybridized carbons (Fsp3) is 0.500. The monoisotopic (exact) mass is 329 g/mol. The van der Waals surface area contributed by atoms with E-state index in [1.165, 1.54) is 0 Å². The first-order valence-corrected chi connectivity index (χ1v) is 8.44. The second-order valence-corrected chi connectivity index (χ2v) is 6.22. The van der Waals surface area contributed by atoms with Crippen LogP contribution in [-0.4, -0.2) is 40.1 Å². The summed E-state index contributed by atoms with van der Waals surface area (Å²) in [5.74, 6) is 0.500. The molecule has 0 bridgehead atoms. The Morgan fingerprint density at radius 2 is 2.38 bits per heavy atom. The van der Waals surface area contributed by atoms with Crippen molar-refractivity contribution in [2.45, 2.75) is 45.3 Å². The highest BCUT2D eigenvalue weighted by molar-refractivity contribution is 5.91. The van der Waals surface area contributed by atoms with Crippen LogP contribution in [0.3, 0.4) is 0 Å². The Hall–Kier alpha value is -2.21. The van der Waals surface area contributed by atoms with Gasteiger partial charge in [0.05, 0.1) is 24.1 Å². The lowest BCUT2D eigenvalue weighted by atomic mass is 10.1. The van der Waals surface area contributed by atoms with E-state index in [0.29, 0.717) is 31.4 Å². The number of carbonyl (C=O) groups is 1. The van der Waals surface area contributed by atoms with Gasteiger partial charge in [-0.15, -0.1) is 0 Å². The Labute approximate surface area is 141 Å². The van der Waals surface area contributed by atoms with Crippen LogP contribution in [0.25, 0.3) is 0 Å². The topological polar surface area (TPSA) is 68.5 Å². The molecule has 3 rings (SSSR count). The number of pyridine rings is 1. The number of likely N-dealkylation sites (tertiary alicyclic amines) is 1. The van der Waals surface area contributed by atoms with Crippen LogP contribution < -0.4 is 0 Å². The van der Waals surface area contributed by atoms with Crippen LogP contribution in [-0.2, 0) is 11.3 Å². The normalized spacial score (nSPS) is 18.8. The summed E-state index contributed by atoms with van der Waals surface area (Å²) in [5, 5.41) is 4.01. The van der Waals surface area contributed by atoms with Crippen molar-refractivity contribution in [1.82, 2.24) is 15.0 Å². The van der Waals surface area contributed by atoms with Crippen LogP contribution in [0.4, 0.5) is 0 Å². The standard InChI is InChI=1S/C18H23N3O3/c1-3-13(2)16-10-17(24-20-16)18(22)21-9-7-15(11-21)23-12-14-6-4-5-8-19-14/h4-6,8,10,13,15H,3,7,9,11-12H2,1-2H3/t13-,15-/m1/s1. The number of amides is 1. The Bertz CT molecular complexity index is 671. The minimum absolute atomic E-state index is 0.0351. The van der Waals surface area contributed by atoms with Gasteiger partial charge in [-0.25, -0.2) is 0 Å². The average Bonchev–Trinajstić information content (AvgIpc) is 3.29. The van der Waals surface area contributed by atoms with Gasteiger partial charge in [0.15, 0.2) is 0 Å². The fourth-order valence-corrected chi connectivity index (χ4v) is 2.72. The first kappa shape index (κ1) is 16.6. The zero-order valence-corrected chi connectivity index (χ0v) is 14.1. The molecule has 6 nitrogen and oxygen atoms in total. The highest BCUT2D eigenvalue weighted by Gasteiger charge is 2.30. The van der Waals surface area contributed by atoms with E-state index < -0.39 is 0 Å². The summed E-state index contributed by atoms with van der Waals surface area (Å²) < 4.78 is 11.1. The van der Waals surface area contributed by atoms with Gasteiger partial charge >= 0.3 is 0 Å². The Kier molecular flexibility index (Phi) is 5.25. The molecule has 1 saturated heterocycles. The van der Waals surface area contributed by atoms with E-state index in [-0.39, 0.29) is 12.0 Å². The van der Waals surface area contributed by atoms with Crippen molar-refractivity contribution < 1.29 is 14.1 Å². The average molecular weight is 329 g/mol. The molecule has 0 radical (unpaired) electrons. The van der Waals surface area contributed by atoms with Crippen molar-refractivity contribution in [3.05, 3.63) is 47.6 Å². The molecule has 24 heavy (non-hydrogen) atoms. The molecule has 1 aliphatic rings. The lowest BCUT2D eigenvalue weighted by Gasteiger charge is -2.15. The number of aromatic nitrogens is 2. The van der Waals surface area contributed by atoms with Crippen molar-refractivity contribution in [3.8, 4) is 0 Å². The number of ether oxygens (including phenoxy) is 1. The molecule has 1 aliphatic heterocycles. The molecule has 2 atom stereocenters. The van der Waals surface area contributed by atoms with Crippen molar-refractivity contribution in [3.63, 3.8) is 0 Å². The van der Waals surface area contributed by atoms with E-state index in [0.717, 1.165) is 24.2 Å². The van der Waals surface area contributed by atoms with E-state index >= 15 is 0 Å². The second-order valence-electron chi connectivity index (χ2n) is 6.22. The zero-order valence-electron chi connectivity index (χ0n) is 14.1. The Morgan fingerprint density at radius 1 is 1.50 bits per heavy atom. The van der Waals surface area contributed by atoms with Gasteiger partial charge in [-0.2, -0.15) is 0 Å². The molecule has 0 saturated carbocycles. The van der Waals surface area contributed by atoms with Crippen LogP contribution in [0.5, 0.6) is 0 Å². The molecule has 1 fully saturated rings. The SMILES string of the molecule is CC[C@@H](C)c1cc(C(=O)N2CC[C@@H](OCc3ccccn3)C2)on1. The second kappa shape index (κ2) is 7.57. The summed E-state index contributed by atoms with van der Waals surface area (Å²) in [4.78, 5) is 18.5. The molecule has 2 aromatic heterocycles. The molecule has 0 unspecified atom stereocenters. The van der Waals surface area contributed by atoms with E-state index in [1.54, 1.807) is 17.2 Å². The van der Waals surface area contributed by atoms with Gasteiger partial charge in [0, 0.05) is 31.3 Å². The maximum Gasteiger partial charge on any atom is 0.292 e. The van der Waals surface area contributed by atoms with Gasteiger partial charge < -0.3 is 14.2 Å². The third-order valence-electron chi connectivity index (χ3n) is 4.48. The van der Waals surface area contributed by atoms with Crippen molar-refractivity contribution in [2.75, 3.05) is 13.1 Å². The quantitative estimate of drug-likeness (QED) is 0.815. The van der Waals surface area contributed by atoms with Gasteiger partial charge in [-0.3, -0.25) is 9.78 Å². The number of hydrogen-bond donors (Lipinski definition) is 0. The maximum atomic E-state index is 12.5. The lowest BCUT2D eigenvalue weighted by Crippen LogP contribution is -2.29. The van der Waals surface area contributed by atoms with Gasteiger partial charge in [0.2, 0.25) is 5.76 Å². The van der Waals surface area contributed by atoms with Crippen LogP contribution in [0, 0.1) is 0 Å². The third kappa shape index (κ3) is 3.82. The van der Waals surface area contributed by atoms with Crippen LogP contribution in [0.15, 0.2) is 35.0 Å². The van der Waals surface area contributed by atoms with Gasteiger partial charge in [0.1, 0.15) is 0 Å². The molecule has 2 aromatic rings. The molecule has 0 spiro atoms. The minimum Gasteiger partial charge on any atom is -0.370 e. The lowest BCUT2D eigenvalue weighted by molar-refractivity contribution is 0.0413. The highest BCUT2D eigenvalue weighted by atomic mass is 16.5. The van der Waals surface area contributed by atoms with Crippen LogP contribution in [0.1, 0.15) is 54.5 Å². The molecule has 0 aliphatic carbocycles. The first-order valence-electron chi connectivity index (χ1n) is 8.44. The molecule has 3 heterocycles. The Balaban J connectivity index is 1.53. The predicted molar refractivity (Wildman–Crippen MR) is 88.5 cm³/mol. The third-order valence-corrected chi connectivity index (χ3v) is 4.48. The maximum absolute atomic E-state index is 12.5. The summed E-state index contributed by atoms with van der Waals surface area (Å²) >= 11 is 0. The number of hydrogen-bond acceptors (Lipinski definition) is 5. The highest BCUT2D eigenvalue weighted by Crippen LogP contribution is 2.21. The molecule has 128 valence electrons. The summed E-state index contributed by atoms with van der Waals surface area (Å²) in [7, 11) is 0. The molecular formula is C18H23N3O3. The Morgan fingerprint density at radius 3 is 3.12 bits per heavy atom. The van der Waals surface area contributed by atoms with Crippen molar-refractivity contribution in [2.24, 2.45) is 0 Å². The number of nitrogens with zero attached hydrogens (tertiary/aromatic N) is 3. The van der Waals surface area contributed by atoms with E-state index in [4.69, 9.17) is 9.26 Å². The van der Waals surface area contributed by atoms with E-state index in [1.807, 2.05) is 18.2 Å². The summed E-state index contributed by atoms with van der Waals surface area (Å²) in [6.07, 6.45) is 3.58. The van der Waals surface area contributed by atoms with E-state index in [2.05, 4.69) is 24.0 Å². The van der Waals surface area contributed by atoms with Crippen molar-refractivity contribution >= 4 is 5.91 Å². The van der Waals surface area contributed by atoms with Crippen LogP contribution in [0.2, 0.25) is 0 Å². The summed E-state index contributed by atoms with van der Waals surface area (Å²) in [5.41, 5.74) is 1.73. The number of rotatable bonds is 6. The summed E-state index contributed by atoms with van der Waals surface area (Å²) in [6, 6.07) is 7.51. The van der Waals surface area contributed by atoms with Gasteiger partial charge in [-0.05, 0) is 25.0 Å². The van der Waals surface area contributed by atoms with E-state index in [9.17, 15) is 4.79 Å². The summed E-state index contributed by atoms with van der Waals surface area (Å²) in [6.45, 7) is 5.87. The first-order chi connectivity index (χ1) is 11.7. The van der Waals surface area contributed by atoms with Gasteiger partial charge in [-0.1, -0.05) is 25.1 Å². The minimum atomic E-state index is -0.110. The molecule has 0 aromatic carbocycles. The molecule has 1 amide bonds. The molecular weight excluding hydrogens is 306 g/mol. The predicted octanol–water partition coefficient (Wildman–Crippen LogP) is 3.01. The zero-order chi connectivity index (χ0) is 16.9. The van der Waals surface area contributed by atoms with Crippen molar-refractivity contribution in [1.29, 1.82) is 0 Å². The molecule has 6 heteroatoms.